The van der Waals surface area contributed by atoms with E-state index in [9.17, 15) is 13.2 Å². The molecule has 134 valence electrons. The molecule has 1 aromatic carbocycles. The predicted molar refractivity (Wildman–Crippen MR) is 92.6 cm³/mol. The number of hydrogen-bond acceptors (Lipinski definition) is 4. The molecule has 0 bridgehead atoms. The van der Waals surface area contributed by atoms with Crippen molar-refractivity contribution in [2.75, 3.05) is 33.3 Å². The molecule has 0 unspecified atom stereocenters. The highest BCUT2D eigenvalue weighted by molar-refractivity contribution is 7.89. The molecule has 0 radical (unpaired) electrons. The Bertz CT molecular complexity index is 680. The van der Waals surface area contributed by atoms with E-state index in [-0.39, 0.29) is 5.91 Å². The highest BCUT2D eigenvalue weighted by Gasteiger charge is 2.30. The van der Waals surface area contributed by atoms with Crippen molar-refractivity contribution in [1.29, 1.82) is 0 Å². The number of carbonyl (C=O) groups is 1. The number of rotatable bonds is 6. The zero-order valence-corrected chi connectivity index (χ0v) is 15.4. The van der Waals surface area contributed by atoms with Crippen LogP contribution in [-0.4, -0.2) is 56.8 Å². The van der Waals surface area contributed by atoms with Gasteiger partial charge in [-0.3, -0.25) is 4.79 Å². The Kier molecular flexibility index (Phi) is 6.23. The summed E-state index contributed by atoms with van der Waals surface area (Å²) in [5, 5.41) is 0. The zero-order chi connectivity index (χ0) is 17.7. The largest absolute Gasteiger partial charge is 0.497 e. The monoisotopic (exact) mass is 354 g/mol. The third-order valence-electron chi connectivity index (χ3n) is 4.34. The van der Waals surface area contributed by atoms with Gasteiger partial charge in [0.1, 0.15) is 5.75 Å². The van der Waals surface area contributed by atoms with Crippen molar-refractivity contribution in [2.24, 2.45) is 0 Å². The van der Waals surface area contributed by atoms with Gasteiger partial charge in [0.25, 0.3) is 0 Å². The topological polar surface area (TPSA) is 66.9 Å². The van der Waals surface area contributed by atoms with Crippen LogP contribution in [0.2, 0.25) is 0 Å². The lowest BCUT2D eigenvalue weighted by molar-refractivity contribution is -0.132. The summed E-state index contributed by atoms with van der Waals surface area (Å²) in [5.41, 5.74) is 0.663. The van der Waals surface area contributed by atoms with Gasteiger partial charge in [-0.1, -0.05) is 13.3 Å². The van der Waals surface area contributed by atoms with Crippen LogP contribution in [0.25, 0.3) is 0 Å². The van der Waals surface area contributed by atoms with Crippen LogP contribution in [0.1, 0.15) is 31.7 Å². The number of sulfonamides is 1. The third-order valence-corrected chi connectivity index (χ3v) is 6.39. The fraction of sp³-hybridized carbons (Fsp3) is 0.588. The van der Waals surface area contributed by atoms with Crippen LogP contribution in [0, 0.1) is 6.92 Å². The quantitative estimate of drug-likeness (QED) is 0.784. The van der Waals surface area contributed by atoms with E-state index < -0.39 is 10.0 Å². The van der Waals surface area contributed by atoms with Gasteiger partial charge < -0.3 is 9.64 Å². The number of aryl methyl sites for hydroxylation is 1. The van der Waals surface area contributed by atoms with Crippen molar-refractivity contribution in [2.45, 2.75) is 38.0 Å². The van der Waals surface area contributed by atoms with Crippen LogP contribution in [0.5, 0.6) is 5.75 Å². The maximum atomic E-state index is 12.8. The lowest BCUT2D eigenvalue weighted by atomic mass is 10.2. The fourth-order valence-electron chi connectivity index (χ4n) is 2.84. The standard InChI is InChI=1S/C17H26N2O4S/c1-4-5-6-17(20)18-9-11-19(12-10-18)24(21,22)16-8-7-15(23-3)13-14(16)2/h7-8,13H,4-6,9-12H2,1-3H3. The van der Waals surface area contributed by atoms with E-state index in [4.69, 9.17) is 4.74 Å². The van der Waals surface area contributed by atoms with E-state index in [0.29, 0.717) is 48.8 Å². The molecule has 1 heterocycles. The summed E-state index contributed by atoms with van der Waals surface area (Å²) in [6.45, 7) is 5.40. The van der Waals surface area contributed by atoms with Gasteiger partial charge in [-0.25, -0.2) is 8.42 Å². The van der Waals surface area contributed by atoms with Crippen LogP contribution >= 0.6 is 0 Å². The van der Waals surface area contributed by atoms with E-state index in [2.05, 4.69) is 6.92 Å². The Morgan fingerprint density at radius 1 is 1.21 bits per heavy atom. The van der Waals surface area contributed by atoms with Gasteiger partial charge in [0, 0.05) is 32.6 Å². The second kappa shape index (κ2) is 7.98. The summed E-state index contributed by atoms with van der Waals surface area (Å²) in [5.74, 6) is 0.757. The van der Waals surface area contributed by atoms with Crippen molar-refractivity contribution in [3.05, 3.63) is 23.8 Å². The molecule has 6 nitrogen and oxygen atoms in total. The first-order valence-electron chi connectivity index (χ1n) is 8.32. The maximum absolute atomic E-state index is 12.8. The number of hydrogen-bond donors (Lipinski definition) is 0. The fourth-order valence-corrected chi connectivity index (χ4v) is 4.47. The van der Waals surface area contributed by atoms with Crippen LogP contribution in [0.15, 0.2) is 23.1 Å². The summed E-state index contributed by atoms with van der Waals surface area (Å²) in [6, 6.07) is 4.96. The molecule has 0 N–H and O–H groups in total. The molecule has 24 heavy (non-hydrogen) atoms. The van der Waals surface area contributed by atoms with Gasteiger partial charge in [0.2, 0.25) is 15.9 Å². The molecule has 2 rings (SSSR count). The Hall–Kier alpha value is -1.60. The maximum Gasteiger partial charge on any atom is 0.243 e. The molecular formula is C17H26N2O4S. The number of benzene rings is 1. The average molecular weight is 354 g/mol. The molecule has 1 aliphatic rings. The second-order valence-electron chi connectivity index (χ2n) is 6.02. The van der Waals surface area contributed by atoms with Crippen molar-refractivity contribution in [3.8, 4) is 5.75 Å². The number of amides is 1. The van der Waals surface area contributed by atoms with Gasteiger partial charge in [-0.05, 0) is 37.1 Å². The molecule has 0 spiro atoms. The Morgan fingerprint density at radius 2 is 1.88 bits per heavy atom. The van der Waals surface area contributed by atoms with Crippen molar-refractivity contribution >= 4 is 15.9 Å². The number of piperazine rings is 1. The number of nitrogens with zero attached hydrogens (tertiary/aromatic N) is 2. The summed E-state index contributed by atoms with van der Waals surface area (Å²) in [6.07, 6.45) is 2.40. The molecule has 1 amide bonds. The van der Waals surface area contributed by atoms with Gasteiger partial charge >= 0.3 is 0 Å². The molecule has 1 saturated heterocycles. The van der Waals surface area contributed by atoms with Gasteiger partial charge in [-0.2, -0.15) is 4.31 Å². The minimum Gasteiger partial charge on any atom is -0.497 e. The first kappa shape index (κ1) is 18.7. The highest BCUT2D eigenvalue weighted by atomic mass is 32.2. The Morgan fingerprint density at radius 3 is 2.42 bits per heavy atom. The van der Waals surface area contributed by atoms with E-state index in [1.807, 2.05) is 0 Å². The lowest BCUT2D eigenvalue weighted by Gasteiger charge is -2.34. The predicted octanol–water partition coefficient (Wildman–Crippen LogP) is 2.03. The third kappa shape index (κ3) is 4.08. The molecular weight excluding hydrogens is 328 g/mol. The average Bonchev–Trinajstić information content (AvgIpc) is 2.59. The Balaban J connectivity index is 2.06. The van der Waals surface area contributed by atoms with Crippen molar-refractivity contribution in [3.63, 3.8) is 0 Å². The van der Waals surface area contributed by atoms with Crippen molar-refractivity contribution in [1.82, 2.24) is 9.21 Å². The lowest BCUT2D eigenvalue weighted by Crippen LogP contribution is -2.50. The Labute approximate surface area is 144 Å². The number of ether oxygens (including phenoxy) is 1. The molecule has 1 fully saturated rings. The van der Waals surface area contributed by atoms with Crippen LogP contribution in [0.4, 0.5) is 0 Å². The first-order valence-corrected chi connectivity index (χ1v) is 9.76. The van der Waals surface area contributed by atoms with Gasteiger partial charge in [-0.15, -0.1) is 0 Å². The highest BCUT2D eigenvalue weighted by Crippen LogP contribution is 2.25. The van der Waals surface area contributed by atoms with E-state index in [0.717, 1.165) is 12.8 Å². The molecule has 1 aromatic rings. The van der Waals surface area contributed by atoms with E-state index in [1.54, 1.807) is 37.1 Å². The normalized spacial score (nSPS) is 16.2. The van der Waals surface area contributed by atoms with E-state index in [1.165, 1.54) is 4.31 Å². The second-order valence-corrected chi connectivity index (χ2v) is 7.93. The number of carbonyl (C=O) groups excluding carboxylic acids is 1. The summed E-state index contributed by atoms with van der Waals surface area (Å²) in [7, 11) is -1.99. The first-order chi connectivity index (χ1) is 11.4. The molecule has 0 atom stereocenters. The number of methoxy groups -OCH3 is 1. The van der Waals surface area contributed by atoms with Crippen LogP contribution < -0.4 is 4.74 Å². The molecule has 1 aliphatic heterocycles. The molecule has 0 aromatic heterocycles. The molecule has 7 heteroatoms. The summed E-state index contributed by atoms with van der Waals surface area (Å²) in [4.78, 5) is 14.1. The van der Waals surface area contributed by atoms with Crippen LogP contribution in [0.3, 0.4) is 0 Å². The minimum absolute atomic E-state index is 0.120. The SMILES string of the molecule is CCCCC(=O)N1CCN(S(=O)(=O)c2ccc(OC)cc2C)CC1. The van der Waals surface area contributed by atoms with Gasteiger partial charge in [0.15, 0.2) is 0 Å². The minimum atomic E-state index is -3.54. The van der Waals surface area contributed by atoms with Crippen molar-refractivity contribution < 1.29 is 17.9 Å². The van der Waals surface area contributed by atoms with Gasteiger partial charge in [0.05, 0.1) is 12.0 Å². The molecule has 0 aliphatic carbocycles. The zero-order valence-electron chi connectivity index (χ0n) is 14.6. The van der Waals surface area contributed by atoms with Crippen LogP contribution in [-0.2, 0) is 14.8 Å². The summed E-state index contributed by atoms with van der Waals surface area (Å²) >= 11 is 0. The summed E-state index contributed by atoms with van der Waals surface area (Å²) < 4.78 is 32.3. The smallest absolute Gasteiger partial charge is 0.243 e. The molecule has 0 saturated carbocycles. The number of unbranched alkanes of at least 4 members (excludes halogenated alkanes) is 1. The van der Waals surface area contributed by atoms with E-state index >= 15 is 0 Å².